The van der Waals surface area contributed by atoms with E-state index in [0.717, 1.165) is 0 Å². The Kier molecular flexibility index (Phi) is 4.81. The minimum Gasteiger partial charge on any atom is -0.358 e. The molecule has 0 N–H and O–H groups in total. The van der Waals surface area contributed by atoms with Crippen LogP contribution >= 0.6 is 0 Å². The molecule has 0 saturated heterocycles. The molecule has 0 unspecified atom stereocenters. The second kappa shape index (κ2) is 8.04. The van der Waals surface area contributed by atoms with E-state index >= 15 is 0 Å². The van der Waals surface area contributed by atoms with Crippen LogP contribution in [0.5, 0.6) is 0 Å². The maximum atomic E-state index is 2.40. The highest BCUT2D eigenvalue weighted by Gasteiger charge is 2.35. The highest BCUT2D eigenvalue weighted by atomic mass is 14.4. The molecule has 8 rings (SSSR count). The summed E-state index contributed by atoms with van der Waals surface area (Å²) in [6.45, 7) is 4.69. The van der Waals surface area contributed by atoms with E-state index in [1.54, 1.807) is 0 Å². The molecule has 0 saturated carbocycles. The van der Waals surface area contributed by atoms with E-state index in [1.165, 1.54) is 76.8 Å². The Balaban J connectivity index is 0.00000242. The third-order valence-electron chi connectivity index (χ3n) is 8.64. The van der Waals surface area contributed by atoms with Crippen molar-refractivity contribution in [2.75, 3.05) is 0 Å². The topological polar surface area (TPSA) is 0 Å². The number of benzene rings is 7. The summed E-state index contributed by atoms with van der Waals surface area (Å²) >= 11 is 0. The van der Waals surface area contributed by atoms with Crippen LogP contribution in [0, 0.1) is 7.43 Å². The Bertz CT molecular complexity index is 1970. The summed E-state index contributed by atoms with van der Waals surface area (Å²) in [7, 11) is 0. The first-order valence-corrected chi connectivity index (χ1v) is 13.1. The van der Waals surface area contributed by atoms with Crippen molar-refractivity contribution in [1.29, 1.82) is 0 Å². The quantitative estimate of drug-likeness (QED) is 0.169. The van der Waals surface area contributed by atoms with E-state index < -0.39 is 0 Å². The zero-order chi connectivity index (χ0) is 24.7. The minimum absolute atomic E-state index is 0. The predicted molar refractivity (Wildman–Crippen MR) is 165 cm³/mol. The molecular formula is C38H29-. The van der Waals surface area contributed by atoms with Gasteiger partial charge in [-0.3, -0.25) is 0 Å². The molecule has 1 aliphatic carbocycles. The van der Waals surface area contributed by atoms with Crippen molar-refractivity contribution in [3.63, 3.8) is 0 Å². The van der Waals surface area contributed by atoms with Crippen LogP contribution in [-0.2, 0) is 5.41 Å². The van der Waals surface area contributed by atoms with Gasteiger partial charge in [0, 0.05) is 5.41 Å². The fraction of sp³-hybridized carbons (Fsp3) is 0.0789. The van der Waals surface area contributed by atoms with Crippen LogP contribution in [-0.4, -0.2) is 0 Å². The van der Waals surface area contributed by atoms with Crippen LogP contribution in [0.3, 0.4) is 0 Å². The minimum atomic E-state index is 0. The van der Waals surface area contributed by atoms with Crippen LogP contribution in [0.4, 0.5) is 0 Å². The molecule has 1 aliphatic rings. The Hall–Kier alpha value is -4.42. The van der Waals surface area contributed by atoms with Crippen molar-refractivity contribution in [3.05, 3.63) is 140 Å². The summed E-state index contributed by atoms with van der Waals surface area (Å²) in [6.07, 6.45) is 0. The molecule has 38 heavy (non-hydrogen) atoms. The maximum absolute atomic E-state index is 2.40. The summed E-state index contributed by atoms with van der Waals surface area (Å²) in [5.74, 6) is 0. The lowest BCUT2D eigenvalue weighted by atomic mass is 9.81. The highest BCUT2D eigenvalue weighted by molar-refractivity contribution is 6.25. The molecule has 0 aliphatic heterocycles. The highest BCUT2D eigenvalue weighted by Crippen LogP contribution is 2.49. The van der Waals surface area contributed by atoms with Crippen LogP contribution in [0.15, 0.2) is 121 Å². The number of rotatable bonds is 2. The van der Waals surface area contributed by atoms with Gasteiger partial charge in [-0.25, -0.2) is 0 Å². The molecule has 0 atom stereocenters. The molecule has 0 nitrogen and oxygen atoms in total. The van der Waals surface area contributed by atoms with Crippen molar-refractivity contribution in [2.24, 2.45) is 0 Å². The van der Waals surface area contributed by atoms with Gasteiger partial charge >= 0.3 is 0 Å². The molecule has 0 radical (unpaired) electrons. The van der Waals surface area contributed by atoms with Gasteiger partial charge in [-0.15, -0.1) is 0 Å². The lowest BCUT2D eigenvalue weighted by Gasteiger charge is -2.22. The lowest BCUT2D eigenvalue weighted by Crippen LogP contribution is -2.14. The SMILES string of the molecule is CC1(C)c2ccccc2-c2ccc(-c3ccc(-c4ccc5ccc6cccc7ccc4c5c67)cc3)cc21.[CH3-]. The fourth-order valence-corrected chi connectivity index (χ4v) is 6.71. The molecule has 0 bridgehead atoms. The monoisotopic (exact) mass is 485 g/mol. The van der Waals surface area contributed by atoms with E-state index in [4.69, 9.17) is 0 Å². The molecule has 7 aromatic rings. The molecule has 0 heteroatoms. The molecule has 0 amide bonds. The molecule has 182 valence electrons. The van der Waals surface area contributed by atoms with Gasteiger partial charge in [-0.05, 0) is 82.9 Å². The van der Waals surface area contributed by atoms with Gasteiger partial charge in [0.15, 0.2) is 0 Å². The Morgan fingerprint density at radius 1 is 0.421 bits per heavy atom. The molecular weight excluding hydrogens is 456 g/mol. The smallest absolute Gasteiger partial charge is 0.0159 e. The second-order valence-electron chi connectivity index (χ2n) is 11.0. The number of hydrogen-bond acceptors (Lipinski definition) is 0. The summed E-state index contributed by atoms with van der Waals surface area (Å²) in [5, 5.41) is 8.00. The number of fused-ring (bicyclic) bond motifs is 3. The first kappa shape index (κ1) is 22.8. The van der Waals surface area contributed by atoms with Crippen molar-refractivity contribution in [1.82, 2.24) is 0 Å². The van der Waals surface area contributed by atoms with Crippen LogP contribution in [0.2, 0.25) is 0 Å². The summed E-state index contributed by atoms with van der Waals surface area (Å²) in [5.41, 5.74) is 10.7. The van der Waals surface area contributed by atoms with Crippen molar-refractivity contribution in [2.45, 2.75) is 19.3 Å². The molecule has 0 fully saturated rings. The lowest BCUT2D eigenvalue weighted by molar-refractivity contribution is 0.660. The van der Waals surface area contributed by atoms with Gasteiger partial charge in [0.05, 0.1) is 0 Å². The average Bonchev–Trinajstić information content (AvgIpc) is 3.18. The summed E-state index contributed by atoms with van der Waals surface area (Å²) in [4.78, 5) is 0. The van der Waals surface area contributed by atoms with Gasteiger partial charge in [-0.2, -0.15) is 0 Å². The van der Waals surface area contributed by atoms with Crippen LogP contribution < -0.4 is 0 Å². The first-order valence-electron chi connectivity index (χ1n) is 13.1. The zero-order valence-corrected chi connectivity index (χ0v) is 22.0. The molecule has 0 aromatic heterocycles. The van der Waals surface area contributed by atoms with Gasteiger partial charge in [-0.1, -0.05) is 129 Å². The maximum Gasteiger partial charge on any atom is 0.0159 e. The Morgan fingerprint density at radius 2 is 1.00 bits per heavy atom. The van der Waals surface area contributed by atoms with Crippen molar-refractivity contribution >= 4 is 32.3 Å². The van der Waals surface area contributed by atoms with E-state index in [0.29, 0.717) is 0 Å². The van der Waals surface area contributed by atoms with Crippen molar-refractivity contribution < 1.29 is 0 Å². The Labute approximate surface area is 224 Å². The predicted octanol–water partition coefficient (Wildman–Crippen LogP) is 10.7. The largest absolute Gasteiger partial charge is 0.358 e. The first-order chi connectivity index (χ1) is 18.1. The van der Waals surface area contributed by atoms with Gasteiger partial charge in [0.25, 0.3) is 0 Å². The normalized spacial score (nSPS) is 13.5. The van der Waals surface area contributed by atoms with Crippen LogP contribution in [0.25, 0.3) is 65.7 Å². The van der Waals surface area contributed by atoms with Gasteiger partial charge in [0.1, 0.15) is 0 Å². The molecule has 7 aromatic carbocycles. The third-order valence-corrected chi connectivity index (χ3v) is 8.64. The standard InChI is InChI=1S/C37H26.CH3/c1-37(2)33-9-4-3-8-30(33)31-20-18-28(22-34(31)37)23-10-12-24(13-11-23)29-19-16-27-15-14-25-6-5-7-26-17-21-32(29)36(27)35(25)26;/h3-22H,1-2H3;1H3/q;-1. The molecule has 0 spiro atoms. The average molecular weight is 486 g/mol. The number of hydrogen-bond donors (Lipinski definition) is 0. The van der Waals surface area contributed by atoms with E-state index in [-0.39, 0.29) is 12.8 Å². The summed E-state index contributed by atoms with van der Waals surface area (Å²) < 4.78 is 0. The van der Waals surface area contributed by atoms with Gasteiger partial charge in [0.2, 0.25) is 0 Å². The second-order valence-corrected chi connectivity index (χ2v) is 11.0. The Morgan fingerprint density at radius 3 is 1.79 bits per heavy atom. The summed E-state index contributed by atoms with van der Waals surface area (Å²) in [6, 6.07) is 45.2. The zero-order valence-electron chi connectivity index (χ0n) is 22.0. The van der Waals surface area contributed by atoms with E-state index in [2.05, 4.69) is 135 Å². The van der Waals surface area contributed by atoms with Gasteiger partial charge < -0.3 is 7.43 Å². The van der Waals surface area contributed by atoms with E-state index in [9.17, 15) is 0 Å². The van der Waals surface area contributed by atoms with Crippen LogP contribution in [0.1, 0.15) is 25.0 Å². The molecule has 0 heterocycles. The fourth-order valence-electron chi connectivity index (χ4n) is 6.71. The van der Waals surface area contributed by atoms with E-state index in [1.807, 2.05) is 0 Å². The third kappa shape index (κ3) is 3.04. The van der Waals surface area contributed by atoms with Crippen molar-refractivity contribution in [3.8, 4) is 33.4 Å².